The van der Waals surface area contributed by atoms with Gasteiger partial charge in [0.25, 0.3) is 0 Å². The van der Waals surface area contributed by atoms with E-state index in [1.165, 1.54) is 0 Å². The molecule has 2 fully saturated rings. The number of piperidine rings is 1. The van der Waals surface area contributed by atoms with Crippen molar-refractivity contribution < 1.29 is 10.2 Å². The highest BCUT2D eigenvalue weighted by molar-refractivity contribution is 5.01. The minimum Gasteiger partial charge on any atom is -0.390 e. The van der Waals surface area contributed by atoms with Crippen LogP contribution in [-0.2, 0) is 0 Å². The Morgan fingerprint density at radius 3 is 2.36 bits per heavy atom. The van der Waals surface area contributed by atoms with Crippen molar-refractivity contribution in [3.05, 3.63) is 0 Å². The lowest BCUT2D eigenvalue weighted by Gasteiger charge is -2.39. The molecule has 14 heavy (non-hydrogen) atoms. The van der Waals surface area contributed by atoms with Gasteiger partial charge in [-0.25, -0.2) is 0 Å². The summed E-state index contributed by atoms with van der Waals surface area (Å²) in [4.78, 5) is 2.31. The quantitative estimate of drug-likeness (QED) is 0.584. The SMILES string of the molecule is CC1CN(C)CC2C(C)C(O)C(O)C12. The number of nitrogens with zero attached hydrogens (tertiary/aromatic N) is 1. The minimum absolute atomic E-state index is 0.236. The first-order valence-corrected chi connectivity index (χ1v) is 5.57. The highest BCUT2D eigenvalue weighted by Crippen LogP contribution is 2.44. The Labute approximate surface area is 85.7 Å². The Morgan fingerprint density at radius 2 is 1.71 bits per heavy atom. The lowest BCUT2D eigenvalue weighted by Crippen LogP contribution is -2.45. The van der Waals surface area contributed by atoms with E-state index in [9.17, 15) is 10.2 Å². The van der Waals surface area contributed by atoms with Crippen LogP contribution in [0, 0.1) is 23.7 Å². The molecule has 6 atom stereocenters. The Bertz CT molecular complexity index is 221. The zero-order valence-electron chi connectivity index (χ0n) is 9.22. The van der Waals surface area contributed by atoms with Gasteiger partial charge in [-0.3, -0.25) is 0 Å². The van der Waals surface area contributed by atoms with Gasteiger partial charge in [0.05, 0.1) is 12.2 Å². The van der Waals surface area contributed by atoms with Gasteiger partial charge in [0, 0.05) is 13.1 Å². The third-order valence-electron chi connectivity index (χ3n) is 4.23. The van der Waals surface area contributed by atoms with E-state index in [2.05, 4.69) is 25.8 Å². The normalized spacial score (nSPS) is 54.6. The van der Waals surface area contributed by atoms with E-state index in [-0.39, 0.29) is 5.92 Å². The molecular formula is C11H21NO2. The van der Waals surface area contributed by atoms with Crippen molar-refractivity contribution in [1.82, 2.24) is 4.90 Å². The Balaban J connectivity index is 2.20. The standard InChI is InChI=1S/C11H21NO2/c1-6-4-12(3)5-8-7(2)10(13)11(14)9(6)8/h6-11,13-14H,4-5H2,1-3H3. The summed E-state index contributed by atoms with van der Waals surface area (Å²) >= 11 is 0. The summed E-state index contributed by atoms with van der Waals surface area (Å²) in [5, 5.41) is 19.8. The predicted molar refractivity (Wildman–Crippen MR) is 54.8 cm³/mol. The Morgan fingerprint density at radius 1 is 1.07 bits per heavy atom. The molecule has 1 saturated carbocycles. The second kappa shape index (κ2) is 3.47. The lowest BCUT2D eigenvalue weighted by molar-refractivity contribution is -0.0135. The van der Waals surface area contributed by atoms with Crippen LogP contribution in [-0.4, -0.2) is 47.5 Å². The van der Waals surface area contributed by atoms with E-state index < -0.39 is 12.2 Å². The van der Waals surface area contributed by atoms with E-state index in [4.69, 9.17) is 0 Å². The first-order chi connectivity index (χ1) is 6.52. The number of fused-ring (bicyclic) bond motifs is 1. The van der Waals surface area contributed by atoms with Gasteiger partial charge < -0.3 is 15.1 Å². The first kappa shape index (κ1) is 10.4. The largest absolute Gasteiger partial charge is 0.390 e. The highest BCUT2D eigenvalue weighted by Gasteiger charge is 2.51. The number of likely N-dealkylation sites (tertiary alicyclic amines) is 1. The molecule has 3 nitrogen and oxygen atoms in total. The summed E-state index contributed by atoms with van der Waals surface area (Å²) in [5.74, 6) is 1.50. The molecule has 0 aromatic rings. The molecule has 2 N–H and O–H groups in total. The summed E-state index contributed by atoms with van der Waals surface area (Å²) in [6.45, 7) is 6.30. The second-order valence-electron chi connectivity index (χ2n) is 5.28. The topological polar surface area (TPSA) is 43.7 Å². The average Bonchev–Trinajstić information content (AvgIpc) is 2.31. The molecule has 1 aliphatic heterocycles. The molecule has 0 radical (unpaired) electrons. The monoisotopic (exact) mass is 199 g/mol. The number of aliphatic hydroxyl groups excluding tert-OH is 2. The predicted octanol–water partition coefficient (Wildman–Crippen LogP) is 0.172. The maximum Gasteiger partial charge on any atom is 0.0836 e. The number of hydrogen-bond donors (Lipinski definition) is 2. The summed E-state index contributed by atoms with van der Waals surface area (Å²) < 4.78 is 0. The first-order valence-electron chi connectivity index (χ1n) is 5.57. The molecule has 82 valence electrons. The molecule has 3 heteroatoms. The fourth-order valence-electron chi connectivity index (χ4n) is 3.49. The van der Waals surface area contributed by atoms with Crippen molar-refractivity contribution in [1.29, 1.82) is 0 Å². The van der Waals surface area contributed by atoms with Crippen LogP contribution in [0.3, 0.4) is 0 Å². The number of hydrogen-bond acceptors (Lipinski definition) is 3. The Kier molecular flexibility index (Phi) is 2.58. The second-order valence-corrected chi connectivity index (χ2v) is 5.28. The highest BCUT2D eigenvalue weighted by atomic mass is 16.3. The van der Waals surface area contributed by atoms with Gasteiger partial charge in [-0.05, 0) is 30.7 Å². The molecule has 0 spiro atoms. The third-order valence-corrected chi connectivity index (χ3v) is 4.23. The van der Waals surface area contributed by atoms with Gasteiger partial charge in [0.15, 0.2) is 0 Å². The number of rotatable bonds is 0. The van der Waals surface area contributed by atoms with Crippen LogP contribution >= 0.6 is 0 Å². The smallest absolute Gasteiger partial charge is 0.0836 e. The number of aliphatic hydroxyl groups is 2. The maximum atomic E-state index is 9.95. The average molecular weight is 199 g/mol. The molecule has 1 aliphatic carbocycles. The van der Waals surface area contributed by atoms with Gasteiger partial charge in [-0.15, -0.1) is 0 Å². The van der Waals surface area contributed by atoms with Crippen LogP contribution < -0.4 is 0 Å². The van der Waals surface area contributed by atoms with Crippen LogP contribution in [0.2, 0.25) is 0 Å². The third kappa shape index (κ3) is 1.38. The summed E-state index contributed by atoms with van der Waals surface area (Å²) in [6, 6.07) is 0. The molecule has 1 heterocycles. The molecular weight excluding hydrogens is 178 g/mol. The van der Waals surface area contributed by atoms with Gasteiger partial charge in [0.2, 0.25) is 0 Å². The minimum atomic E-state index is -0.515. The zero-order chi connectivity index (χ0) is 10.5. The van der Waals surface area contributed by atoms with E-state index in [0.717, 1.165) is 13.1 Å². The van der Waals surface area contributed by atoms with Gasteiger partial charge in [0.1, 0.15) is 0 Å². The summed E-state index contributed by atoms with van der Waals surface area (Å²) in [7, 11) is 2.12. The van der Waals surface area contributed by atoms with E-state index in [1.54, 1.807) is 0 Å². The van der Waals surface area contributed by atoms with Gasteiger partial charge >= 0.3 is 0 Å². The van der Waals surface area contributed by atoms with Crippen molar-refractivity contribution in [2.75, 3.05) is 20.1 Å². The van der Waals surface area contributed by atoms with Crippen LogP contribution in [0.5, 0.6) is 0 Å². The molecule has 2 aliphatic rings. The lowest BCUT2D eigenvalue weighted by atomic mass is 9.78. The van der Waals surface area contributed by atoms with Crippen LogP contribution in [0.25, 0.3) is 0 Å². The molecule has 0 amide bonds. The molecule has 1 saturated heterocycles. The van der Waals surface area contributed by atoms with E-state index in [0.29, 0.717) is 17.8 Å². The molecule has 0 aromatic heterocycles. The van der Waals surface area contributed by atoms with Crippen molar-refractivity contribution in [2.24, 2.45) is 23.7 Å². The van der Waals surface area contributed by atoms with E-state index in [1.807, 2.05) is 0 Å². The van der Waals surface area contributed by atoms with Crippen LogP contribution in [0.15, 0.2) is 0 Å². The molecule has 6 unspecified atom stereocenters. The van der Waals surface area contributed by atoms with Crippen molar-refractivity contribution in [3.63, 3.8) is 0 Å². The van der Waals surface area contributed by atoms with Crippen molar-refractivity contribution in [3.8, 4) is 0 Å². The van der Waals surface area contributed by atoms with Gasteiger partial charge in [-0.1, -0.05) is 13.8 Å². The van der Waals surface area contributed by atoms with Crippen LogP contribution in [0.4, 0.5) is 0 Å². The molecule has 0 aromatic carbocycles. The fourth-order valence-corrected chi connectivity index (χ4v) is 3.49. The summed E-state index contributed by atoms with van der Waals surface area (Å²) in [6.07, 6.45) is -1.02. The van der Waals surface area contributed by atoms with Crippen molar-refractivity contribution in [2.45, 2.75) is 26.1 Å². The van der Waals surface area contributed by atoms with E-state index >= 15 is 0 Å². The van der Waals surface area contributed by atoms with Crippen LogP contribution in [0.1, 0.15) is 13.8 Å². The zero-order valence-corrected chi connectivity index (χ0v) is 9.22. The Hall–Kier alpha value is -0.120. The fraction of sp³-hybridized carbons (Fsp3) is 1.00. The van der Waals surface area contributed by atoms with Gasteiger partial charge in [-0.2, -0.15) is 0 Å². The van der Waals surface area contributed by atoms with Crippen molar-refractivity contribution >= 4 is 0 Å². The maximum absolute atomic E-state index is 9.95. The molecule has 2 rings (SSSR count). The molecule has 0 bridgehead atoms. The summed E-state index contributed by atoms with van der Waals surface area (Å²) in [5.41, 5.74) is 0.